The molecule has 1 N–H and O–H groups in total. The summed E-state index contributed by atoms with van der Waals surface area (Å²) in [7, 11) is 1.88. The zero-order valence-electron chi connectivity index (χ0n) is 11.9. The van der Waals surface area contributed by atoms with Crippen molar-refractivity contribution in [3.63, 3.8) is 0 Å². The molecule has 104 valence electrons. The van der Waals surface area contributed by atoms with E-state index in [-0.39, 0.29) is 0 Å². The van der Waals surface area contributed by atoms with E-state index >= 15 is 0 Å². The number of hydrogen-bond donors (Lipinski definition) is 1. The Kier molecular flexibility index (Phi) is 4.68. The number of hydrogen-bond acceptors (Lipinski definition) is 4. The molecule has 2 rings (SSSR count). The van der Waals surface area contributed by atoms with Gasteiger partial charge >= 0.3 is 0 Å². The number of aromatic nitrogens is 5. The summed E-state index contributed by atoms with van der Waals surface area (Å²) in [5.74, 6) is 1.53. The molecule has 0 aliphatic heterocycles. The Morgan fingerprint density at radius 3 is 2.84 bits per heavy atom. The Morgan fingerprint density at radius 2 is 2.16 bits per heavy atom. The fourth-order valence-corrected chi connectivity index (χ4v) is 1.90. The second-order valence-electron chi connectivity index (χ2n) is 5.19. The first-order valence-electron chi connectivity index (χ1n) is 6.69. The predicted octanol–water partition coefficient (Wildman–Crippen LogP) is 1.000. The van der Waals surface area contributed by atoms with Crippen molar-refractivity contribution < 1.29 is 0 Å². The minimum atomic E-state index is 0.661. The number of nitrogens with one attached hydrogen (secondary N) is 1. The highest BCUT2D eigenvalue weighted by molar-refractivity contribution is 4.98. The second kappa shape index (κ2) is 6.47. The lowest BCUT2D eigenvalue weighted by Gasteiger charge is -2.09. The molecule has 2 heterocycles. The fraction of sp³-hybridized carbons (Fsp3) is 0.615. The molecule has 0 radical (unpaired) electrons. The van der Waals surface area contributed by atoms with Crippen molar-refractivity contribution in [2.24, 2.45) is 13.0 Å². The van der Waals surface area contributed by atoms with Gasteiger partial charge in [0.1, 0.15) is 6.33 Å². The summed E-state index contributed by atoms with van der Waals surface area (Å²) in [5.41, 5.74) is 1.21. The first-order valence-corrected chi connectivity index (χ1v) is 6.69. The molecule has 0 aliphatic rings. The summed E-state index contributed by atoms with van der Waals surface area (Å²) in [6.07, 6.45) is 6.34. The van der Waals surface area contributed by atoms with Crippen molar-refractivity contribution >= 4 is 0 Å². The molecular formula is C13H22N6. The molecular weight excluding hydrogens is 240 g/mol. The minimum absolute atomic E-state index is 0.661. The van der Waals surface area contributed by atoms with Gasteiger partial charge in [0, 0.05) is 32.8 Å². The summed E-state index contributed by atoms with van der Waals surface area (Å²) in [6, 6.07) is 0. The van der Waals surface area contributed by atoms with Gasteiger partial charge in [-0.1, -0.05) is 13.8 Å². The molecule has 0 amide bonds. The van der Waals surface area contributed by atoms with Crippen LogP contribution in [0.4, 0.5) is 0 Å². The third-order valence-corrected chi connectivity index (χ3v) is 2.88. The summed E-state index contributed by atoms with van der Waals surface area (Å²) < 4.78 is 3.89. The maximum Gasteiger partial charge on any atom is 0.152 e. The van der Waals surface area contributed by atoms with Crippen molar-refractivity contribution in [2.75, 3.05) is 6.54 Å². The Labute approximate surface area is 113 Å². The number of imidazole rings is 1. The van der Waals surface area contributed by atoms with Crippen molar-refractivity contribution in [1.29, 1.82) is 0 Å². The van der Waals surface area contributed by atoms with Gasteiger partial charge in [-0.05, 0) is 12.5 Å². The lowest BCUT2D eigenvalue weighted by Crippen LogP contribution is -2.21. The van der Waals surface area contributed by atoms with E-state index in [2.05, 4.69) is 38.8 Å². The third-order valence-electron chi connectivity index (χ3n) is 2.88. The van der Waals surface area contributed by atoms with Crippen LogP contribution in [0.25, 0.3) is 0 Å². The van der Waals surface area contributed by atoms with Crippen LogP contribution >= 0.6 is 0 Å². The molecule has 6 nitrogen and oxygen atoms in total. The molecule has 0 unspecified atom stereocenters. The molecule has 19 heavy (non-hydrogen) atoms. The Balaban J connectivity index is 1.85. The van der Waals surface area contributed by atoms with E-state index in [4.69, 9.17) is 0 Å². The van der Waals surface area contributed by atoms with Crippen LogP contribution in [0.5, 0.6) is 0 Å². The van der Waals surface area contributed by atoms with Gasteiger partial charge in [0.05, 0.1) is 12.0 Å². The minimum Gasteiger partial charge on any atom is -0.333 e. The second-order valence-corrected chi connectivity index (χ2v) is 5.19. The molecule has 0 atom stereocenters. The average Bonchev–Trinajstić information content (AvgIpc) is 2.95. The van der Waals surface area contributed by atoms with Crippen LogP contribution in [0.15, 0.2) is 18.9 Å². The van der Waals surface area contributed by atoms with Crippen LogP contribution in [-0.4, -0.2) is 30.9 Å². The van der Waals surface area contributed by atoms with Crippen LogP contribution in [0.2, 0.25) is 0 Å². The Hall–Kier alpha value is -1.69. The highest BCUT2D eigenvalue weighted by atomic mass is 15.3. The first kappa shape index (κ1) is 13.7. The van der Waals surface area contributed by atoms with Gasteiger partial charge in [-0.25, -0.2) is 9.97 Å². The van der Waals surface area contributed by atoms with Crippen LogP contribution in [-0.2, 0) is 26.6 Å². The lowest BCUT2D eigenvalue weighted by molar-refractivity contribution is 0.532. The molecule has 6 heteroatoms. The number of nitrogens with zero attached hydrogens (tertiary/aromatic N) is 5. The zero-order chi connectivity index (χ0) is 13.7. The number of rotatable bonds is 7. The maximum atomic E-state index is 4.28. The van der Waals surface area contributed by atoms with Crippen LogP contribution in [0.1, 0.15) is 25.4 Å². The monoisotopic (exact) mass is 262 g/mol. The molecule has 0 aromatic carbocycles. The zero-order valence-corrected chi connectivity index (χ0v) is 11.9. The summed E-state index contributed by atoms with van der Waals surface area (Å²) in [6.45, 7) is 7.15. The van der Waals surface area contributed by atoms with Crippen LogP contribution < -0.4 is 5.32 Å². The normalized spacial score (nSPS) is 11.4. The SMILES string of the molecule is CC(C)CNCc1cncn1CCc1ncn(C)n1. The fourth-order valence-electron chi connectivity index (χ4n) is 1.90. The molecule has 0 bridgehead atoms. The number of aryl methyl sites for hydroxylation is 3. The standard InChI is InChI=1S/C13H22N6/c1-11(2)6-14-7-12-8-15-9-19(12)5-4-13-16-10-18(3)17-13/h8-11,14H,4-7H2,1-3H3. The van der Waals surface area contributed by atoms with E-state index in [0.717, 1.165) is 31.9 Å². The highest BCUT2D eigenvalue weighted by Gasteiger charge is 2.04. The van der Waals surface area contributed by atoms with E-state index in [1.165, 1.54) is 5.69 Å². The maximum absolute atomic E-state index is 4.28. The Bertz CT molecular complexity index is 499. The lowest BCUT2D eigenvalue weighted by atomic mass is 10.2. The predicted molar refractivity (Wildman–Crippen MR) is 73.5 cm³/mol. The van der Waals surface area contributed by atoms with Gasteiger partial charge in [0.15, 0.2) is 5.82 Å². The van der Waals surface area contributed by atoms with Crippen molar-refractivity contribution in [2.45, 2.75) is 33.4 Å². The van der Waals surface area contributed by atoms with E-state index in [0.29, 0.717) is 5.92 Å². The molecule has 0 fully saturated rings. The molecule has 0 saturated heterocycles. The van der Waals surface area contributed by atoms with Gasteiger partial charge in [-0.15, -0.1) is 0 Å². The van der Waals surface area contributed by atoms with Gasteiger partial charge in [-0.3, -0.25) is 4.68 Å². The average molecular weight is 262 g/mol. The van der Waals surface area contributed by atoms with Gasteiger partial charge in [0.25, 0.3) is 0 Å². The third kappa shape index (κ3) is 4.17. The molecule has 0 spiro atoms. The largest absolute Gasteiger partial charge is 0.333 e. The van der Waals surface area contributed by atoms with Gasteiger partial charge in [-0.2, -0.15) is 5.10 Å². The molecule has 0 saturated carbocycles. The van der Waals surface area contributed by atoms with Gasteiger partial charge < -0.3 is 9.88 Å². The molecule has 2 aromatic rings. The molecule has 2 aromatic heterocycles. The van der Waals surface area contributed by atoms with Crippen molar-refractivity contribution in [1.82, 2.24) is 29.6 Å². The topological polar surface area (TPSA) is 60.6 Å². The van der Waals surface area contributed by atoms with Crippen LogP contribution in [0.3, 0.4) is 0 Å². The summed E-state index contributed by atoms with van der Waals surface area (Å²) in [5, 5.41) is 7.72. The van der Waals surface area contributed by atoms with Crippen molar-refractivity contribution in [3.8, 4) is 0 Å². The quantitative estimate of drug-likeness (QED) is 0.808. The Morgan fingerprint density at radius 1 is 1.32 bits per heavy atom. The van der Waals surface area contributed by atoms with E-state index < -0.39 is 0 Å². The highest BCUT2D eigenvalue weighted by Crippen LogP contribution is 2.02. The van der Waals surface area contributed by atoms with Gasteiger partial charge in [0.2, 0.25) is 0 Å². The van der Waals surface area contributed by atoms with Crippen molar-refractivity contribution in [3.05, 3.63) is 30.4 Å². The summed E-state index contributed by atoms with van der Waals surface area (Å²) in [4.78, 5) is 8.45. The smallest absolute Gasteiger partial charge is 0.152 e. The molecule has 0 aliphatic carbocycles. The van der Waals surface area contributed by atoms with Crippen LogP contribution in [0, 0.1) is 5.92 Å². The van der Waals surface area contributed by atoms with E-state index in [1.54, 1.807) is 11.0 Å². The first-order chi connectivity index (χ1) is 9.15. The summed E-state index contributed by atoms with van der Waals surface area (Å²) >= 11 is 0. The van der Waals surface area contributed by atoms with E-state index in [9.17, 15) is 0 Å². The van der Waals surface area contributed by atoms with E-state index in [1.807, 2.05) is 19.6 Å².